The summed E-state index contributed by atoms with van der Waals surface area (Å²) >= 11 is 0. The number of rotatable bonds is 6. The fourth-order valence-electron chi connectivity index (χ4n) is 1.46. The van der Waals surface area contributed by atoms with Crippen molar-refractivity contribution >= 4 is 11.9 Å². The highest BCUT2D eigenvalue weighted by atomic mass is 16.6. The van der Waals surface area contributed by atoms with Crippen molar-refractivity contribution in [3.05, 3.63) is 29.8 Å². The van der Waals surface area contributed by atoms with Gasteiger partial charge in [0.25, 0.3) is 0 Å². The van der Waals surface area contributed by atoms with Crippen LogP contribution in [0.2, 0.25) is 0 Å². The van der Waals surface area contributed by atoms with Crippen LogP contribution >= 0.6 is 0 Å². The molecule has 0 aromatic heterocycles. The van der Waals surface area contributed by atoms with Crippen LogP contribution in [0.3, 0.4) is 0 Å². The molecule has 1 unspecified atom stereocenters. The summed E-state index contributed by atoms with van der Waals surface area (Å²) in [7, 11) is 0. The fraction of sp³-hybridized carbons (Fsp3) is 0.467. The minimum Gasteiger partial charge on any atom is -0.508 e. The van der Waals surface area contributed by atoms with Gasteiger partial charge in [-0.3, -0.25) is 4.79 Å². The summed E-state index contributed by atoms with van der Waals surface area (Å²) in [5, 5.41) is 9.13. The second kappa shape index (κ2) is 7.64. The van der Waals surface area contributed by atoms with Crippen molar-refractivity contribution in [1.29, 1.82) is 0 Å². The van der Waals surface area contributed by atoms with Crippen LogP contribution in [0.15, 0.2) is 24.3 Å². The topological polar surface area (TPSA) is 98.9 Å². The maximum Gasteiger partial charge on any atom is 0.338 e. The van der Waals surface area contributed by atoms with Gasteiger partial charge in [-0.1, -0.05) is 13.8 Å². The number of carbonyl (C=O) groups excluding carboxylic acids is 2. The first kappa shape index (κ1) is 17.0. The molecule has 1 rings (SSSR count). The number of ether oxygens (including phenoxy) is 2. The number of hydrogen-bond donors (Lipinski definition) is 2. The van der Waals surface area contributed by atoms with E-state index >= 15 is 0 Å². The molecule has 0 bridgehead atoms. The second-order valence-corrected chi connectivity index (χ2v) is 5.16. The predicted octanol–water partition coefficient (Wildman–Crippen LogP) is 1.46. The van der Waals surface area contributed by atoms with E-state index in [1.54, 1.807) is 6.92 Å². The molecule has 0 aliphatic heterocycles. The molecule has 3 N–H and O–H groups in total. The minimum atomic E-state index is -0.694. The van der Waals surface area contributed by atoms with Crippen molar-refractivity contribution in [2.24, 2.45) is 11.7 Å². The molecule has 0 saturated heterocycles. The SMILES string of the molecule is CC(COC(=O)c1ccc(O)cc1)OC(=O)[C@@H](N)C(C)C. The first-order chi connectivity index (χ1) is 9.81. The third-order valence-corrected chi connectivity index (χ3v) is 2.86. The lowest BCUT2D eigenvalue weighted by Gasteiger charge is -2.18. The highest BCUT2D eigenvalue weighted by molar-refractivity contribution is 5.89. The Kier molecular flexibility index (Phi) is 6.17. The summed E-state index contributed by atoms with van der Waals surface area (Å²) in [6, 6.07) is 4.98. The van der Waals surface area contributed by atoms with Crippen LogP contribution in [-0.4, -0.2) is 35.8 Å². The normalized spacial score (nSPS) is 13.6. The number of benzene rings is 1. The van der Waals surface area contributed by atoms with Gasteiger partial charge in [-0.05, 0) is 37.1 Å². The summed E-state index contributed by atoms with van der Waals surface area (Å²) < 4.78 is 10.1. The van der Waals surface area contributed by atoms with E-state index in [1.807, 2.05) is 13.8 Å². The van der Waals surface area contributed by atoms with Crippen molar-refractivity contribution in [2.75, 3.05) is 6.61 Å². The monoisotopic (exact) mass is 295 g/mol. The van der Waals surface area contributed by atoms with Gasteiger partial charge in [0.2, 0.25) is 0 Å². The number of hydrogen-bond acceptors (Lipinski definition) is 6. The van der Waals surface area contributed by atoms with Crippen LogP contribution in [0.4, 0.5) is 0 Å². The van der Waals surface area contributed by atoms with Crippen LogP contribution < -0.4 is 5.73 Å². The summed E-state index contributed by atoms with van der Waals surface area (Å²) in [6.45, 7) is 5.20. The van der Waals surface area contributed by atoms with E-state index in [2.05, 4.69) is 0 Å². The molecule has 0 spiro atoms. The molecule has 2 atom stereocenters. The summed E-state index contributed by atoms with van der Waals surface area (Å²) in [6.07, 6.45) is -0.580. The smallest absolute Gasteiger partial charge is 0.338 e. The molecule has 1 aromatic carbocycles. The van der Waals surface area contributed by atoms with Crippen LogP contribution in [-0.2, 0) is 14.3 Å². The molecule has 1 aromatic rings. The number of carbonyl (C=O) groups is 2. The maximum atomic E-state index is 11.7. The van der Waals surface area contributed by atoms with Crippen molar-refractivity contribution < 1.29 is 24.2 Å². The zero-order chi connectivity index (χ0) is 16.0. The van der Waals surface area contributed by atoms with Crippen LogP contribution in [0.5, 0.6) is 5.75 Å². The lowest BCUT2D eigenvalue weighted by molar-refractivity contribution is -0.152. The van der Waals surface area contributed by atoms with Crippen molar-refractivity contribution in [3.8, 4) is 5.75 Å². The zero-order valence-electron chi connectivity index (χ0n) is 12.4. The van der Waals surface area contributed by atoms with Gasteiger partial charge in [0.1, 0.15) is 24.5 Å². The number of nitrogens with two attached hydrogens (primary N) is 1. The van der Waals surface area contributed by atoms with Gasteiger partial charge in [0.05, 0.1) is 5.56 Å². The molecule has 6 heteroatoms. The fourth-order valence-corrected chi connectivity index (χ4v) is 1.46. The Labute approximate surface area is 123 Å². The van der Waals surface area contributed by atoms with Gasteiger partial charge in [-0.15, -0.1) is 0 Å². The van der Waals surface area contributed by atoms with E-state index in [4.69, 9.17) is 20.3 Å². The molecule has 0 aliphatic carbocycles. The summed E-state index contributed by atoms with van der Waals surface area (Å²) in [5.41, 5.74) is 5.97. The van der Waals surface area contributed by atoms with E-state index < -0.39 is 24.1 Å². The predicted molar refractivity (Wildman–Crippen MR) is 76.8 cm³/mol. The average molecular weight is 295 g/mol. The van der Waals surface area contributed by atoms with E-state index in [1.165, 1.54) is 24.3 Å². The number of phenols is 1. The second-order valence-electron chi connectivity index (χ2n) is 5.16. The van der Waals surface area contributed by atoms with Crippen molar-refractivity contribution in [2.45, 2.75) is 32.9 Å². The molecule has 6 nitrogen and oxygen atoms in total. The lowest BCUT2D eigenvalue weighted by Crippen LogP contribution is -2.39. The van der Waals surface area contributed by atoms with E-state index in [0.29, 0.717) is 5.56 Å². The molecule has 0 fully saturated rings. The maximum absolute atomic E-state index is 11.7. The highest BCUT2D eigenvalue weighted by Gasteiger charge is 2.21. The molecular formula is C15H21NO5. The summed E-state index contributed by atoms with van der Waals surface area (Å²) in [4.78, 5) is 23.4. The Hall–Kier alpha value is -2.08. The largest absolute Gasteiger partial charge is 0.508 e. The Balaban J connectivity index is 2.42. The molecule has 21 heavy (non-hydrogen) atoms. The zero-order valence-corrected chi connectivity index (χ0v) is 12.4. The van der Waals surface area contributed by atoms with E-state index in [0.717, 1.165) is 0 Å². The summed E-state index contributed by atoms with van der Waals surface area (Å²) in [5.74, 6) is -1.02. The van der Waals surface area contributed by atoms with Gasteiger partial charge in [-0.25, -0.2) is 4.79 Å². The minimum absolute atomic E-state index is 0.0238. The third kappa shape index (κ3) is 5.43. The van der Waals surface area contributed by atoms with Gasteiger partial charge in [0, 0.05) is 0 Å². The quantitative estimate of drug-likeness (QED) is 0.771. The molecule has 0 amide bonds. The van der Waals surface area contributed by atoms with Gasteiger partial charge < -0.3 is 20.3 Å². The Morgan fingerprint density at radius 3 is 2.29 bits per heavy atom. The van der Waals surface area contributed by atoms with Gasteiger partial charge >= 0.3 is 11.9 Å². The van der Waals surface area contributed by atoms with Crippen molar-refractivity contribution in [1.82, 2.24) is 0 Å². The van der Waals surface area contributed by atoms with Crippen molar-refractivity contribution in [3.63, 3.8) is 0 Å². The van der Waals surface area contributed by atoms with E-state index in [-0.39, 0.29) is 18.3 Å². The highest BCUT2D eigenvalue weighted by Crippen LogP contribution is 2.11. The average Bonchev–Trinajstić information content (AvgIpc) is 2.44. The third-order valence-electron chi connectivity index (χ3n) is 2.86. The van der Waals surface area contributed by atoms with Gasteiger partial charge in [-0.2, -0.15) is 0 Å². The first-order valence-electron chi connectivity index (χ1n) is 6.73. The number of aromatic hydroxyl groups is 1. The molecule has 0 saturated carbocycles. The Bertz CT molecular complexity index is 483. The lowest BCUT2D eigenvalue weighted by atomic mass is 10.1. The van der Waals surface area contributed by atoms with E-state index in [9.17, 15) is 9.59 Å². The molecular weight excluding hydrogens is 274 g/mol. The van der Waals surface area contributed by atoms with Crippen LogP contribution in [0.25, 0.3) is 0 Å². The Morgan fingerprint density at radius 2 is 1.76 bits per heavy atom. The number of phenolic OH excluding ortho intramolecular Hbond substituents is 1. The molecule has 0 radical (unpaired) electrons. The van der Waals surface area contributed by atoms with Gasteiger partial charge in [0.15, 0.2) is 0 Å². The van der Waals surface area contributed by atoms with Crippen LogP contribution in [0, 0.1) is 5.92 Å². The molecule has 0 aliphatic rings. The molecule has 116 valence electrons. The first-order valence-corrected chi connectivity index (χ1v) is 6.73. The standard InChI is InChI=1S/C15H21NO5/c1-9(2)13(16)15(19)21-10(3)8-20-14(18)11-4-6-12(17)7-5-11/h4-7,9-10,13,17H,8,16H2,1-3H3/t10?,13-/m0/s1. The van der Waals surface area contributed by atoms with Crippen LogP contribution in [0.1, 0.15) is 31.1 Å². The Morgan fingerprint density at radius 1 is 1.19 bits per heavy atom. The molecule has 0 heterocycles. The number of esters is 2.